The van der Waals surface area contributed by atoms with Gasteiger partial charge in [0.2, 0.25) is 16.9 Å². The Labute approximate surface area is 572 Å². The zero-order chi connectivity index (χ0) is 70.3. The van der Waals surface area contributed by atoms with Crippen molar-refractivity contribution in [3.05, 3.63) is 138 Å². The van der Waals surface area contributed by atoms with E-state index in [-0.39, 0.29) is 79.9 Å². The first-order valence-electron chi connectivity index (χ1n) is 33.3. The Morgan fingerprint density at radius 1 is 0.384 bits per heavy atom. The van der Waals surface area contributed by atoms with E-state index >= 15 is 0 Å². The first-order chi connectivity index (χ1) is 46.7. The van der Waals surface area contributed by atoms with Crippen molar-refractivity contribution in [2.24, 2.45) is 14.1 Å². The minimum absolute atomic E-state index is 0.0140. The van der Waals surface area contributed by atoms with Gasteiger partial charge in [0.1, 0.15) is 39.5 Å². The second kappa shape index (κ2) is 25.1. The number of pyridine rings is 1. The summed E-state index contributed by atoms with van der Waals surface area (Å²) in [4.78, 5) is 12.0. The molecule has 3 aliphatic heterocycles. The number of rotatable bonds is 9. The highest BCUT2D eigenvalue weighted by atomic mass is 16.3. The largest absolute Gasteiger partial charge is 0.508 e. The first kappa shape index (κ1) is 67.1. The smallest absolute Gasteiger partial charge is 0.250 e. The molecule has 0 atom stereocenters. The molecule has 99 heavy (non-hydrogen) atoms. The molecule has 0 unspecified atom stereocenters. The van der Waals surface area contributed by atoms with Gasteiger partial charge >= 0.3 is 0 Å². The second-order valence-corrected chi connectivity index (χ2v) is 30.8. The Bertz CT molecular complexity index is 5030. The molecule has 0 saturated carbocycles. The van der Waals surface area contributed by atoms with Crippen molar-refractivity contribution in [2.45, 2.75) is 173 Å². The maximum absolute atomic E-state index is 12.0. The lowest BCUT2D eigenvalue weighted by molar-refractivity contribution is 0.126. The summed E-state index contributed by atoms with van der Waals surface area (Å²) in [5, 5.41) is 110. The Kier molecular flexibility index (Phi) is 17.0. The molecule has 0 amide bonds. The molecule has 12 aromatic rings. The van der Waals surface area contributed by atoms with Crippen molar-refractivity contribution in [3.8, 4) is 90.2 Å². The van der Waals surface area contributed by atoms with Crippen LogP contribution in [0.5, 0.6) is 23.0 Å². The van der Waals surface area contributed by atoms with E-state index in [9.17, 15) is 25.2 Å². The van der Waals surface area contributed by atoms with E-state index in [0.29, 0.717) is 67.3 Å². The summed E-state index contributed by atoms with van der Waals surface area (Å²) in [6.07, 6.45) is 10.9. The number of fused-ring (bicyclic) bond motifs is 3. The number of aryl methyl sites for hydroxylation is 2. The zero-order valence-corrected chi connectivity index (χ0v) is 58.3. The summed E-state index contributed by atoms with van der Waals surface area (Å²) < 4.78 is 8.91. The van der Waals surface area contributed by atoms with Gasteiger partial charge in [-0.05, 0) is 222 Å². The van der Waals surface area contributed by atoms with Crippen LogP contribution in [0.1, 0.15) is 140 Å². The SMILES string of the molecule is CC1(C)CC(n2nnc3cc(-c4ccc(-c5ccc(O)cc5)cc4O)nnc32)CC(C)(C)N1.Cn1cc(-c2ccc(-c3cc4nnn(C5CC(C)(C)NC(C)(C)C5)c4nn3)c(O)c2)cn1.Cn1ccc(-c2ccc(-c3cc4nnn(C5CC(C)(C)NC(C)(C)C5)c4nn3)c(O)c2)cc1=O. The zero-order valence-electron chi connectivity index (χ0n) is 58.3. The van der Waals surface area contributed by atoms with Crippen LogP contribution < -0.4 is 21.5 Å². The predicted octanol–water partition coefficient (Wildman–Crippen LogP) is 11.4. The highest BCUT2D eigenvalue weighted by Gasteiger charge is 2.42. The van der Waals surface area contributed by atoms with Gasteiger partial charge < -0.3 is 40.9 Å². The number of aromatic hydroxyl groups is 4. The van der Waals surface area contributed by atoms with E-state index in [1.807, 2.05) is 75.8 Å². The quantitative estimate of drug-likeness (QED) is 0.0706. The molecule has 3 fully saturated rings. The lowest BCUT2D eigenvalue weighted by atomic mass is 9.79. The third-order valence-electron chi connectivity index (χ3n) is 18.7. The second-order valence-electron chi connectivity index (χ2n) is 30.8. The maximum atomic E-state index is 12.0. The number of piperidine rings is 3. The van der Waals surface area contributed by atoms with Crippen LogP contribution >= 0.6 is 0 Å². The molecular weight excluding hydrogens is 1250 g/mol. The third-order valence-corrected chi connectivity index (χ3v) is 18.7. The summed E-state index contributed by atoms with van der Waals surface area (Å²) in [7, 11) is 3.56. The van der Waals surface area contributed by atoms with Crippen LogP contribution in [0, 0.1) is 0 Å². The lowest BCUT2D eigenvalue weighted by Gasteiger charge is -2.46. The van der Waals surface area contributed by atoms with Crippen LogP contribution in [0.3, 0.4) is 0 Å². The van der Waals surface area contributed by atoms with E-state index in [1.54, 1.807) is 84.8 Å². The molecule has 4 aromatic carbocycles. The molecular formula is C73H85N21O5. The molecule has 0 spiro atoms. The number of phenolic OH excluding ortho intramolecular Hbond substituents is 4. The van der Waals surface area contributed by atoms with Crippen LogP contribution in [-0.2, 0) is 14.1 Å². The van der Waals surface area contributed by atoms with Crippen molar-refractivity contribution in [3.63, 3.8) is 0 Å². The van der Waals surface area contributed by atoms with Gasteiger partial charge in [-0.15, -0.1) is 45.9 Å². The van der Waals surface area contributed by atoms with Gasteiger partial charge in [0.25, 0.3) is 5.56 Å². The van der Waals surface area contributed by atoms with Crippen LogP contribution in [-0.4, -0.2) is 144 Å². The minimum atomic E-state index is -0.110. The average molecular weight is 1340 g/mol. The minimum Gasteiger partial charge on any atom is -0.508 e. The number of aromatic nitrogens is 18. The summed E-state index contributed by atoms with van der Waals surface area (Å²) in [6, 6.07) is 32.3. The number of hydrogen-bond donors (Lipinski definition) is 7. The highest BCUT2D eigenvalue weighted by Crippen LogP contribution is 2.42. The molecule has 3 saturated heterocycles. The van der Waals surface area contributed by atoms with E-state index in [4.69, 9.17) is 0 Å². The first-order valence-corrected chi connectivity index (χ1v) is 33.3. The molecule has 0 aliphatic carbocycles. The lowest BCUT2D eigenvalue weighted by Crippen LogP contribution is -2.58. The molecule has 15 rings (SSSR count). The molecule has 26 heteroatoms. The fourth-order valence-corrected chi connectivity index (χ4v) is 15.4. The van der Waals surface area contributed by atoms with Crippen molar-refractivity contribution in [1.29, 1.82) is 0 Å². The summed E-state index contributed by atoms with van der Waals surface area (Å²) in [5.74, 6) is 0.492. The predicted molar refractivity (Wildman–Crippen MR) is 379 cm³/mol. The number of hydrogen-bond acceptors (Lipinski definition) is 21. The van der Waals surface area contributed by atoms with Crippen molar-refractivity contribution >= 4 is 33.5 Å². The number of phenols is 4. The van der Waals surface area contributed by atoms with Crippen molar-refractivity contribution in [1.82, 2.24) is 106 Å². The topological polar surface area (TPSA) is 326 Å². The van der Waals surface area contributed by atoms with E-state index in [2.05, 4.69) is 166 Å². The van der Waals surface area contributed by atoms with Gasteiger partial charge in [0.05, 0.1) is 41.4 Å². The molecule has 11 heterocycles. The Morgan fingerprint density at radius 3 is 1.03 bits per heavy atom. The molecule has 0 radical (unpaired) electrons. The van der Waals surface area contributed by atoms with Gasteiger partial charge in [-0.1, -0.05) is 46.0 Å². The van der Waals surface area contributed by atoms with E-state index in [1.165, 1.54) is 4.57 Å². The third kappa shape index (κ3) is 14.5. The number of benzene rings is 4. The number of nitrogens with zero attached hydrogens (tertiary/aromatic N) is 18. The van der Waals surface area contributed by atoms with Crippen LogP contribution in [0.25, 0.3) is 101 Å². The van der Waals surface area contributed by atoms with Gasteiger partial charge in [-0.25, -0.2) is 14.0 Å². The van der Waals surface area contributed by atoms with Crippen molar-refractivity contribution in [2.75, 3.05) is 0 Å². The fourth-order valence-electron chi connectivity index (χ4n) is 15.4. The molecule has 7 N–H and O–H groups in total. The van der Waals surface area contributed by atoms with E-state index < -0.39 is 0 Å². The van der Waals surface area contributed by atoms with E-state index in [0.717, 1.165) is 71.9 Å². The molecule has 3 aliphatic rings. The molecule has 8 aromatic heterocycles. The van der Waals surface area contributed by atoms with Gasteiger partial charge in [-0.2, -0.15) is 5.10 Å². The van der Waals surface area contributed by atoms with Crippen LogP contribution in [0.15, 0.2) is 133 Å². The normalized spacial score (nSPS) is 18.0. The van der Waals surface area contributed by atoms with Crippen molar-refractivity contribution < 1.29 is 20.4 Å². The average Bonchev–Trinajstić information content (AvgIpc) is 1.77. The maximum Gasteiger partial charge on any atom is 0.250 e. The van der Waals surface area contributed by atoms with Crippen LogP contribution in [0.2, 0.25) is 0 Å². The Morgan fingerprint density at radius 2 is 0.707 bits per heavy atom. The summed E-state index contributed by atoms with van der Waals surface area (Å²) in [6.45, 7) is 26.4. The standard InChI is InChI=1S/C25H29N7O2.C25H28N6O2.C23H28N8O/c1-24(2)13-17(14-25(3,4)29-24)32-23-20(27-30-32)12-19(26-28-23)18-7-6-15(10-21(18)33)16-8-9-31(5)22(34)11-16;1-24(2)13-17(14-25(3,4)29-24)31-23-21(27-30-31)12-20(26-28-23)19-10-7-16(11-22(19)33)15-5-8-18(32)9-6-15;1-22(2)10-16(11-23(3,4)28-22)31-21-19(26-29-31)9-18(25-27-21)17-7-6-14(8-20(17)32)15-12-24-30(5)13-15/h6-12,17,29,33H,13-14H2,1-5H3;5-12,17,29,32-33H,13-14H2,1-4H3;6-9,12-13,16,28,32H,10-11H2,1-5H3. The molecule has 512 valence electrons. The Hall–Kier alpha value is -10.4. The fraction of sp³-hybridized carbons (Fsp3) is 0.397. The van der Waals surface area contributed by atoms with Gasteiger partial charge in [-0.3, -0.25) is 9.48 Å². The summed E-state index contributed by atoms with van der Waals surface area (Å²) in [5.41, 5.74) is 12.0. The molecule has 0 bridgehead atoms. The van der Waals surface area contributed by atoms with Gasteiger partial charge in [0, 0.05) is 88.0 Å². The highest BCUT2D eigenvalue weighted by molar-refractivity contribution is 5.82. The summed E-state index contributed by atoms with van der Waals surface area (Å²) >= 11 is 0. The monoisotopic (exact) mass is 1340 g/mol. The molecule has 26 nitrogen and oxygen atoms in total. The number of nitrogens with one attached hydrogen (secondary N) is 3. The van der Waals surface area contributed by atoms with Crippen LogP contribution in [0.4, 0.5) is 0 Å². The Balaban J connectivity index is 0.000000133. The van der Waals surface area contributed by atoms with Gasteiger partial charge in [0.15, 0.2) is 0 Å².